The van der Waals surface area contributed by atoms with Crippen molar-refractivity contribution >= 4 is 22.9 Å². The summed E-state index contributed by atoms with van der Waals surface area (Å²) >= 11 is 0. The molecular formula is C22H33N7O2. The van der Waals surface area contributed by atoms with Gasteiger partial charge in [-0.1, -0.05) is 0 Å². The predicted octanol–water partition coefficient (Wildman–Crippen LogP) is 0.299. The largest absolute Gasteiger partial charge is 0.356 e. The first kappa shape index (κ1) is 21.7. The van der Waals surface area contributed by atoms with Gasteiger partial charge in [0.25, 0.3) is 5.56 Å². The van der Waals surface area contributed by atoms with Crippen molar-refractivity contribution in [3.05, 3.63) is 28.7 Å². The first-order valence-corrected chi connectivity index (χ1v) is 11.3. The van der Waals surface area contributed by atoms with Crippen LogP contribution in [0, 0.1) is 5.92 Å². The van der Waals surface area contributed by atoms with E-state index in [0.29, 0.717) is 30.1 Å². The lowest BCUT2D eigenvalue weighted by molar-refractivity contribution is -0.125. The maximum atomic E-state index is 12.8. The predicted molar refractivity (Wildman–Crippen MR) is 121 cm³/mol. The Hall–Kier alpha value is -2.52. The van der Waals surface area contributed by atoms with Gasteiger partial charge in [0.1, 0.15) is 5.52 Å². The Morgan fingerprint density at radius 3 is 2.61 bits per heavy atom. The molecule has 2 aromatic rings. The van der Waals surface area contributed by atoms with Gasteiger partial charge >= 0.3 is 0 Å². The quantitative estimate of drug-likeness (QED) is 0.664. The minimum Gasteiger partial charge on any atom is -0.356 e. The molecule has 0 spiro atoms. The van der Waals surface area contributed by atoms with Crippen LogP contribution in [-0.4, -0.2) is 89.6 Å². The molecule has 9 nitrogen and oxygen atoms in total. The van der Waals surface area contributed by atoms with Crippen LogP contribution >= 0.6 is 0 Å². The zero-order valence-electron chi connectivity index (χ0n) is 18.6. The molecule has 2 aliphatic rings. The molecule has 2 aliphatic heterocycles. The van der Waals surface area contributed by atoms with E-state index in [2.05, 4.69) is 32.1 Å². The average Bonchev–Trinajstić information content (AvgIpc) is 2.80. The van der Waals surface area contributed by atoms with E-state index in [1.807, 2.05) is 17.0 Å². The molecule has 1 N–H and O–H groups in total. The van der Waals surface area contributed by atoms with Crippen molar-refractivity contribution in [1.82, 2.24) is 29.7 Å². The Kier molecular flexibility index (Phi) is 6.82. The van der Waals surface area contributed by atoms with E-state index in [1.54, 1.807) is 17.8 Å². The fraction of sp³-hybridized carbons (Fsp3) is 0.636. The highest BCUT2D eigenvalue weighted by molar-refractivity contribution is 5.79. The SMILES string of the molecule is CN1CCN(CCCNC(=O)C2CCN(c3nc4cccnc4n(C)c3=O)CC2)CC1. The van der Waals surface area contributed by atoms with E-state index in [-0.39, 0.29) is 17.4 Å². The summed E-state index contributed by atoms with van der Waals surface area (Å²) < 4.78 is 1.55. The van der Waals surface area contributed by atoms with Gasteiger partial charge in [-0.15, -0.1) is 0 Å². The zero-order valence-corrected chi connectivity index (χ0v) is 18.6. The number of rotatable bonds is 6. The second-order valence-electron chi connectivity index (χ2n) is 8.70. The summed E-state index contributed by atoms with van der Waals surface area (Å²) in [5.41, 5.74) is 1.15. The first-order valence-electron chi connectivity index (χ1n) is 11.3. The Balaban J connectivity index is 1.25. The van der Waals surface area contributed by atoms with Crippen molar-refractivity contribution < 1.29 is 4.79 Å². The number of pyridine rings is 1. The van der Waals surface area contributed by atoms with Crippen LogP contribution in [-0.2, 0) is 11.8 Å². The second kappa shape index (κ2) is 9.74. The monoisotopic (exact) mass is 427 g/mol. The highest BCUT2D eigenvalue weighted by atomic mass is 16.2. The third-order valence-electron chi connectivity index (χ3n) is 6.52. The second-order valence-corrected chi connectivity index (χ2v) is 8.70. The number of nitrogens with one attached hydrogen (secondary N) is 1. The Morgan fingerprint density at radius 1 is 1.13 bits per heavy atom. The lowest BCUT2D eigenvalue weighted by Gasteiger charge is -2.33. The summed E-state index contributed by atoms with van der Waals surface area (Å²) in [5.74, 6) is 0.599. The van der Waals surface area contributed by atoms with Gasteiger partial charge in [-0.25, -0.2) is 9.97 Å². The van der Waals surface area contributed by atoms with Crippen molar-refractivity contribution in [3.8, 4) is 0 Å². The maximum absolute atomic E-state index is 12.8. The fourth-order valence-electron chi connectivity index (χ4n) is 4.43. The molecule has 2 saturated heterocycles. The summed E-state index contributed by atoms with van der Waals surface area (Å²) in [6.45, 7) is 7.56. The molecule has 1 amide bonds. The number of anilines is 1. The topological polar surface area (TPSA) is 86.6 Å². The zero-order chi connectivity index (χ0) is 21.8. The number of amides is 1. The van der Waals surface area contributed by atoms with Crippen LogP contribution in [0.1, 0.15) is 19.3 Å². The number of hydrogen-bond donors (Lipinski definition) is 1. The van der Waals surface area contributed by atoms with Crippen molar-refractivity contribution in [2.24, 2.45) is 13.0 Å². The molecule has 0 radical (unpaired) electrons. The summed E-state index contributed by atoms with van der Waals surface area (Å²) in [6, 6.07) is 3.69. The van der Waals surface area contributed by atoms with E-state index in [9.17, 15) is 9.59 Å². The van der Waals surface area contributed by atoms with Gasteiger partial charge in [0.15, 0.2) is 11.5 Å². The van der Waals surface area contributed by atoms with Crippen molar-refractivity contribution in [2.45, 2.75) is 19.3 Å². The van der Waals surface area contributed by atoms with Gasteiger partial charge in [0.05, 0.1) is 0 Å². The summed E-state index contributed by atoms with van der Waals surface area (Å²) in [5, 5.41) is 3.12. The van der Waals surface area contributed by atoms with E-state index < -0.39 is 0 Å². The van der Waals surface area contributed by atoms with Crippen molar-refractivity contribution in [1.29, 1.82) is 0 Å². The number of carbonyl (C=O) groups is 1. The van der Waals surface area contributed by atoms with E-state index in [0.717, 1.165) is 58.5 Å². The van der Waals surface area contributed by atoms with Crippen molar-refractivity contribution in [2.75, 3.05) is 64.3 Å². The van der Waals surface area contributed by atoms with Gasteiger partial charge in [-0.3, -0.25) is 14.2 Å². The standard InChI is InChI=1S/C22H33N7O2/c1-26-13-15-28(16-14-26)10-4-9-24-21(30)17-6-11-29(12-7-17)20-22(31)27(2)19-18(25-20)5-3-8-23-19/h3,5,8,17H,4,6-7,9-16H2,1-2H3,(H,24,30). The van der Waals surface area contributed by atoms with Crippen LogP contribution in [0.25, 0.3) is 11.2 Å². The molecule has 2 fully saturated rings. The number of aromatic nitrogens is 3. The lowest BCUT2D eigenvalue weighted by atomic mass is 9.96. The number of fused-ring (bicyclic) bond motifs is 1. The van der Waals surface area contributed by atoms with Gasteiger partial charge in [-0.2, -0.15) is 0 Å². The summed E-state index contributed by atoms with van der Waals surface area (Å²) in [6.07, 6.45) is 4.12. The molecule has 4 rings (SSSR count). The van der Waals surface area contributed by atoms with Gasteiger partial charge in [-0.05, 0) is 45.0 Å². The molecule has 9 heteroatoms. The average molecular weight is 428 g/mol. The first-order chi connectivity index (χ1) is 15.0. The molecule has 0 aromatic carbocycles. The minimum absolute atomic E-state index is 0.00543. The number of hydrogen-bond acceptors (Lipinski definition) is 7. The van der Waals surface area contributed by atoms with Gasteiger partial charge < -0.3 is 20.0 Å². The molecule has 168 valence electrons. The van der Waals surface area contributed by atoms with E-state index >= 15 is 0 Å². The molecule has 2 aromatic heterocycles. The van der Waals surface area contributed by atoms with Crippen LogP contribution in [0.4, 0.5) is 5.82 Å². The third-order valence-corrected chi connectivity index (χ3v) is 6.52. The molecule has 0 bridgehead atoms. The molecule has 4 heterocycles. The molecule has 31 heavy (non-hydrogen) atoms. The maximum Gasteiger partial charge on any atom is 0.294 e. The number of likely N-dealkylation sites (N-methyl/N-ethyl adjacent to an activating group) is 1. The molecule has 0 aliphatic carbocycles. The van der Waals surface area contributed by atoms with E-state index in [4.69, 9.17) is 0 Å². The summed E-state index contributed by atoms with van der Waals surface area (Å²) in [4.78, 5) is 41.0. The van der Waals surface area contributed by atoms with Crippen LogP contribution in [0.15, 0.2) is 23.1 Å². The van der Waals surface area contributed by atoms with Gasteiger partial charge in [0, 0.05) is 65.0 Å². The molecule has 0 unspecified atom stereocenters. The van der Waals surface area contributed by atoms with Crippen LogP contribution in [0.3, 0.4) is 0 Å². The van der Waals surface area contributed by atoms with Crippen LogP contribution < -0.4 is 15.8 Å². The van der Waals surface area contributed by atoms with Crippen molar-refractivity contribution in [3.63, 3.8) is 0 Å². The Morgan fingerprint density at radius 2 is 1.87 bits per heavy atom. The number of carbonyl (C=O) groups excluding carboxylic acids is 1. The summed E-state index contributed by atoms with van der Waals surface area (Å²) in [7, 11) is 3.89. The Labute approximate surface area is 183 Å². The highest BCUT2D eigenvalue weighted by Crippen LogP contribution is 2.21. The van der Waals surface area contributed by atoms with Crippen LogP contribution in [0.5, 0.6) is 0 Å². The van der Waals surface area contributed by atoms with Gasteiger partial charge in [0.2, 0.25) is 5.91 Å². The lowest BCUT2D eigenvalue weighted by Crippen LogP contribution is -2.45. The number of nitrogens with zero attached hydrogens (tertiary/aromatic N) is 6. The minimum atomic E-state index is -0.141. The molecular weight excluding hydrogens is 394 g/mol. The smallest absolute Gasteiger partial charge is 0.294 e. The normalized spacial score (nSPS) is 19.1. The molecule has 0 atom stereocenters. The highest BCUT2D eigenvalue weighted by Gasteiger charge is 2.27. The number of piperazine rings is 1. The fourth-order valence-corrected chi connectivity index (χ4v) is 4.43. The number of piperidine rings is 1. The Bertz CT molecular complexity index is 960. The van der Waals surface area contributed by atoms with Crippen LogP contribution in [0.2, 0.25) is 0 Å². The molecule has 0 saturated carbocycles. The third kappa shape index (κ3) is 5.04. The van der Waals surface area contributed by atoms with E-state index in [1.165, 1.54) is 0 Å². The number of aryl methyl sites for hydroxylation is 1.